The Kier molecular flexibility index (Phi) is 2.95. The molecule has 2 aromatic rings. The molecular formula is C14H15N3O2. The molecule has 1 aliphatic heterocycles. The van der Waals surface area contributed by atoms with E-state index < -0.39 is 0 Å². The summed E-state index contributed by atoms with van der Waals surface area (Å²) < 4.78 is 7.25. The van der Waals surface area contributed by atoms with Gasteiger partial charge in [-0.2, -0.15) is 5.10 Å². The first-order valence-corrected chi connectivity index (χ1v) is 6.30. The van der Waals surface area contributed by atoms with E-state index in [1.165, 1.54) is 0 Å². The maximum atomic E-state index is 12.2. The van der Waals surface area contributed by atoms with E-state index in [0.717, 1.165) is 24.2 Å². The van der Waals surface area contributed by atoms with Crippen molar-refractivity contribution in [2.24, 2.45) is 0 Å². The van der Waals surface area contributed by atoms with E-state index in [1.807, 2.05) is 31.2 Å². The van der Waals surface area contributed by atoms with Crippen LogP contribution in [0.4, 0.5) is 5.69 Å². The highest BCUT2D eigenvalue weighted by atomic mass is 16.5. The number of ether oxygens (including phenoxy) is 1. The number of benzene rings is 1. The van der Waals surface area contributed by atoms with Crippen LogP contribution in [0.15, 0.2) is 30.5 Å². The van der Waals surface area contributed by atoms with E-state index in [0.29, 0.717) is 18.1 Å². The summed E-state index contributed by atoms with van der Waals surface area (Å²) in [5.41, 5.74) is 2.37. The normalized spacial score (nSPS) is 13.5. The molecule has 0 spiro atoms. The minimum Gasteiger partial charge on any atom is -0.477 e. The molecule has 1 amide bonds. The molecule has 3 rings (SSSR count). The van der Waals surface area contributed by atoms with Crippen molar-refractivity contribution >= 4 is 11.6 Å². The lowest BCUT2D eigenvalue weighted by Gasteiger charge is -2.15. The molecule has 0 bridgehead atoms. The van der Waals surface area contributed by atoms with Crippen LogP contribution in [0.2, 0.25) is 0 Å². The van der Waals surface area contributed by atoms with Crippen LogP contribution in [0.3, 0.4) is 0 Å². The van der Waals surface area contributed by atoms with E-state index in [-0.39, 0.29) is 5.91 Å². The number of nitrogens with zero attached hydrogens (tertiary/aromatic N) is 2. The van der Waals surface area contributed by atoms with Gasteiger partial charge in [0.25, 0.3) is 5.91 Å². The van der Waals surface area contributed by atoms with Crippen molar-refractivity contribution < 1.29 is 9.53 Å². The summed E-state index contributed by atoms with van der Waals surface area (Å²) in [5, 5.41) is 7.03. The summed E-state index contributed by atoms with van der Waals surface area (Å²) in [5.74, 6) is 0.380. The summed E-state index contributed by atoms with van der Waals surface area (Å²) >= 11 is 0. The standard InChI is InChI=1S/C14H15N3O2/c1-10-4-2-5-11(8-10)16-13(18)12-9-15-17-6-3-7-19-14(12)17/h2,4-5,8-9H,3,6-7H2,1H3,(H,16,18). The summed E-state index contributed by atoms with van der Waals surface area (Å²) in [4.78, 5) is 12.2. The second-order valence-electron chi connectivity index (χ2n) is 4.61. The molecule has 0 saturated heterocycles. The van der Waals surface area contributed by atoms with Gasteiger partial charge in [-0.05, 0) is 24.6 Å². The lowest BCUT2D eigenvalue weighted by molar-refractivity contribution is 0.102. The molecular weight excluding hydrogens is 242 g/mol. The Balaban J connectivity index is 1.83. The number of carbonyl (C=O) groups excluding carboxylic acids is 1. The van der Waals surface area contributed by atoms with Gasteiger partial charge in [-0.15, -0.1) is 0 Å². The van der Waals surface area contributed by atoms with Crippen molar-refractivity contribution in [2.75, 3.05) is 11.9 Å². The average Bonchev–Trinajstić information content (AvgIpc) is 2.82. The van der Waals surface area contributed by atoms with Crippen LogP contribution in [0.5, 0.6) is 5.88 Å². The number of hydrogen-bond donors (Lipinski definition) is 1. The predicted octanol–water partition coefficient (Wildman–Crippen LogP) is 2.23. The lowest BCUT2D eigenvalue weighted by atomic mass is 10.2. The molecule has 1 aromatic carbocycles. The van der Waals surface area contributed by atoms with Crippen LogP contribution in [0.1, 0.15) is 22.3 Å². The van der Waals surface area contributed by atoms with Crippen molar-refractivity contribution in [3.8, 4) is 5.88 Å². The van der Waals surface area contributed by atoms with Gasteiger partial charge >= 0.3 is 0 Å². The van der Waals surface area contributed by atoms with Gasteiger partial charge in [-0.1, -0.05) is 12.1 Å². The highest BCUT2D eigenvalue weighted by Gasteiger charge is 2.21. The van der Waals surface area contributed by atoms with Crippen molar-refractivity contribution in [1.82, 2.24) is 9.78 Å². The summed E-state index contributed by atoms with van der Waals surface area (Å²) in [6.45, 7) is 3.42. The van der Waals surface area contributed by atoms with Crippen LogP contribution in [0.25, 0.3) is 0 Å². The van der Waals surface area contributed by atoms with Crippen molar-refractivity contribution in [3.05, 3.63) is 41.6 Å². The van der Waals surface area contributed by atoms with E-state index in [2.05, 4.69) is 10.4 Å². The third kappa shape index (κ3) is 2.31. The van der Waals surface area contributed by atoms with Crippen molar-refractivity contribution in [3.63, 3.8) is 0 Å². The van der Waals surface area contributed by atoms with Gasteiger partial charge in [0.2, 0.25) is 5.88 Å². The molecule has 0 atom stereocenters. The Morgan fingerprint density at radius 1 is 1.47 bits per heavy atom. The molecule has 0 unspecified atom stereocenters. The number of aryl methyl sites for hydroxylation is 2. The van der Waals surface area contributed by atoms with Crippen LogP contribution in [-0.2, 0) is 6.54 Å². The van der Waals surface area contributed by atoms with Crippen molar-refractivity contribution in [1.29, 1.82) is 0 Å². The van der Waals surface area contributed by atoms with Gasteiger partial charge in [0.15, 0.2) is 0 Å². The van der Waals surface area contributed by atoms with Crippen LogP contribution in [0, 0.1) is 6.92 Å². The smallest absolute Gasteiger partial charge is 0.262 e. The maximum Gasteiger partial charge on any atom is 0.262 e. The third-order valence-corrected chi connectivity index (χ3v) is 3.06. The quantitative estimate of drug-likeness (QED) is 0.897. The number of amides is 1. The maximum absolute atomic E-state index is 12.2. The van der Waals surface area contributed by atoms with E-state index >= 15 is 0 Å². The SMILES string of the molecule is Cc1cccc(NC(=O)c2cnn3c2OCCC3)c1. The van der Waals surface area contributed by atoms with Gasteiger partial charge in [0.1, 0.15) is 5.56 Å². The Bertz CT molecular complexity index is 619. The van der Waals surface area contributed by atoms with Gasteiger partial charge in [0, 0.05) is 18.7 Å². The molecule has 5 nitrogen and oxygen atoms in total. The average molecular weight is 257 g/mol. The Hall–Kier alpha value is -2.30. The van der Waals surface area contributed by atoms with Gasteiger partial charge < -0.3 is 10.1 Å². The van der Waals surface area contributed by atoms with Gasteiger partial charge in [-0.3, -0.25) is 4.79 Å². The number of carbonyl (C=O) groups is 1. The molecule has 1 N–H and O–H groups in total. The first-order chi connectivity index (χ1) is 9.24. The molecule has 1 aromatic heterocycles. The molecule has 0 radical (unpaired) electrons. The van der Waals surface area contributed by atoms with Gasteiger partial charge in [0.05, 0.1) is 12.8 Å². The Labute approximate surface area is 111 Å². The number of nitrogens with one attached hydrogen (secondary N) is 1. The second-order valence-corrected chi connectivity index (χ2v) is 4.61. The third-order valence-electron chi connectivity index (χ3n) is 3.06. The number of fused-ring (bicyclic) bond motifs is 1. The molecule has 2 heterocycles. The minimum atomic E-state index is -0.186. The summed E-state index contributed by atoms with van der Waals surface area (Å²) in [7, 11) is 0. The first kappa shape index (κ1) is 11.8. The molecule has 98 valence electrons. The fourth-order valence-electron chi connectivity index (χ4n) is 2.15. The van der Waals surface area contributed by atoms with E-state index in [4.69, 9.17) is 4.74 Å². The molecule has 5 heteroatoms. The fraction of sp³-hybridized carbons (Fsp3) is 0.286. The number of rotatable bonds is 2. The largest absolute Gasteiger partial charge is 0.477 e. The zero-order valence-electron chi connectivity index (χ0n) is 10.7. The molecule has 0 saturated carbocycles. The van der Waals surface area contributed by atoms with Crippen LogP contribution >= 0.6 is 0 Å². The highest BCUT2D eigenvalue weighted by Crippen LogP contribution is 2.23. The highest BCUT2D eigenvalue weighted by molar-refractivity contribution is 6.05. The zero-order chi connectivity index (χ0) is 13.2. The molecule has 19 heavy (non-hydrogen) atoms. The van der Waals surface area contributed by atoms with Crippen LogP contribution < -0.4 is 10.1 Å². The zero-order valence-corrected chi connectivity index (χ0v) is 10.7. The Morgan fingerprint density at radius 2 is 2.37 bits per heavy atom. The summed E-state index contributed by atoms with van der Waals surface area (Å²) in [6, 6.07) is 7.69. The molecule has 0 aliphatic carbocycles. The lowest BCUT2D eigenvalue weighted by Crippen LogP contribution is -2.18. The van der Waals surface area contributed by atoms with E-state index in [1.54, 1.807) is 10.9 Å². The van der Waals surface area contributed by atoms with E-state index in [9.17, 15) is 4.79 Å². The Morgan fingerprint density at radius 3 is 3.21 bits per heavy atom. The summed E-state index contributed by atoms with van der Waals surface area (Å²) in [6.07, 6.45) is 2.49. The number of aromatic nitrogens is 2. The minimum absolute atomic E-state index is 0.186. The molecule has 1 aliphatic rings. The fourth-order valence-corrected chi connectivity index (χ4v) is 2.15. The second kappa shape index (κ2) is 4.76. The van der Waals surface area contributed by atoms with Gasteiger partial charge in [-0.25, -0.2) is 4.68 Å². The first-order valence-electron chi connectivity index (χ1n) is 6.30. The van der Waals surface area contributed by atoms with Crippen molar-refractivity contribution in [2.45, 2.75) is 19.9 Å². The number of anilines is 1. The molecule has 0 fully saturated rings. The monoisotopic (exact) mass is 257 g/mol. The van der Waals surface area contributed by atoms with Crippen LogP contribution in [-0.4, -0.2) is 22.3 Å². The number of hydrogen-bond acceptors (Lipinski definition) is 3. The topological polar surface area (TPSA) is 56.2 Å². The predicted molar refractivity (Wildman–Crippen MR) is 71.5 cm³/mol.